The van der Waals surface area contributed by atoms with Gasteiger partial charge in [-0.25, -0.2) is 4.79 Å². The highest BCUT2D eigenvalue weighted by Gasteiger charge is 2.29. The maximum atomic E-state index is 12.8. The molecule has 2 aromatic rings. The molecule has 1 atom stereocenters. The third kappa shape index (κ3) is 5.49. The highest BCUT2D eigenvalue weighted by molar-refractivity contribution is 6.06. The van der Waals surface area contributed by atoms with Crippen molar-refractivity contribution in [2.24, 2.45) is 0 Å². The molecule has 160 valence electrons. The minimum atomic E-state index is -0.375. The zero-order valence-corrected chi connectivity index (χ0v) is 17.4. The number of benzene rings is 2. The first-order valence-corrected chi connectivity index (χ1v) is 10.0. The summed E-state index contributed by atoms with van der Waals surface area (Å²) >= 11 is 0. The van der Waals surface area contributed by atoms with Crippen LogP contribution in [-0.4, -0.2) is 63.3 Å². The number of para-hydroxylation sites is 2. The van der Waals surface area contributed by atoms with Crippen molar-refractivity contribution in [2.75, 3.05) is 56.3 Å². The van der Waals surface area contributed by atoms with Gasteiger partial charge in [-0.05, 0) is 63.5 Å². The van der Waals surface area contributed by atoms with Crippen molar-refractivity contribution in [3.8, 4) is 0 Å². The molecule has 1 fully saturated rings. The van der Waals surface area contributed by atoms with E-state index in [1.807, 2.05) is 31.1 Å². The van der Waals surface area contributed by atoms with Crippen molar-refractivity contribution < 1.29 is 14.3 Å². The van der Waals surface area contributed by atoms with Crippen molar-refractivity contribution in [1.82, 2.24) is 10.2 Å². The number of amides is 2. The van der Waals surface area contributed by atoms with Gasteiger partial charge < -0.3 is 26.0 Å². The predicted octanol–water partition coefficient (Wildman–Crippen LogP) is 2.39. The molecule has 0 radical (unpaired) electrons. The van der Waals surface area contributed by atoms with E-state index < -0.39 is 0 Å². The van der Waals surface area contributed by atoms with E-state index in [0.29, 0.717) is 42.3 Å². The van der Waals surface area contributed by atoms with Crippen LogP contribution >= 0.6 is 0 Å². The smallest absolute Gasteiger partial charge is 0.414 e. The average molecular weight is 412 g/mol. The summed E-state index contributed by atoms with van der Waals surface area (Å²) in [4.78, 5) is 29.0. The summed E-state index contributed by atoms with van der Waals surface area (Å²) in [7, 11) is 3.86. The van der Waals surface area contributed by atoms with Gasteiger partial charge in [0.15, 0.2) is 0 Å². The van der Waals surface area contributed by atoms with E-state index in [4.69, 9.17) is 10.5 Å². The van der Waals surface area contributed by atoms with Gasteiger partial charge in [0.2, 0.25) is 0 Å². The average Bonchev–Trinajstić information content (AvgIpc) is 3.24. The Bertz CT molecular complexity index is 863. The molecule has 0 aliphatic carbocycles. The summed E-state index contributed by atoms with van der Waals surface area (Å²) in [5.41, 5.74) is 8.14. The van der Waals surface area contributed by atoms with Crippen LogP contribution in [-0.2, 0) is 4.74 Å². The maximum absolute atomic E-state index is 12.8. The van der Waals surface area contributed by atoms with Gasteiger partial charge in [-0.15, -0.1) is 0 Å². The van der Waals surface area contributed by atoms with Gasteiger partial charge in [0, 0.05) is 24.3 Å². The molecule has 1 aliphatic heterocycles. The topological polar surface area (TPSA) is 99.9 Å². The highest BCUT2D eigenvalue weighted by atomic mass is 16.6. The molecule has 2 amide bonds. The van der Waals surface area contributed by atoms with Crippen LogP contribution in [0.15, 0.2) is 48.5 Å². The highest BCUT2D eigenvalue weighted by Crippen LogP contribution is 2.23. The Morgan fingerprint density at radius 3 is 2.53 bits per heavy atom. The largest absolute Gasteiger partial charge is 0.448 e. The summed E-state index contributed by atoms with van der Waals surface area (Å²) in [5, 5.41) is 6.09. The molecule has 2 aromatic carbocycles. The van der Waals surface area contributed by atoms with Gasteiger partial charge in [0.1, 0.15) is 6.61 Å². The monoisotopic (exact) mass is 411 g/mol. The third-order valence-electron chi connectivity index (χ3n) is 4.98. The Hall–Kier alpha value is -3.10. The van der Waals surface area contributed by atoms with E-state index in [1.165, 1.54) is 0 Å². The predicted molar refractivity (Wildman–Crippen MR) is 119 cm³/mol. The molecule has 0 unspecified atom stereocenters. The summed E-state index contributed by atoms with van der Waals surface area (Å²) in [6.45, 7) is 2.54. The van der Waals surface area contributed by atoms with Crippen molar-refractivity contribution >= 4 is 29.1 Å². The lowest BCUT2D eigenvalue weighted by Crippen LogP contribution is -2.42. The molecule has 1 heterocycles. The van der Waals surface area contributed by atoms with Crippen molar-refractivity contribution in [1.29, 1.82) is 0 Å². The second kappa shape index (κ2) is 10.1. The number of ether oxygens (including phenoxy) is 1. The van der Waals surface area contributed by atoms with E-state index in [-0.39, 0.29) is 18.0 Å². The number of nitrogens with two attached hydrogens (primary N) is 1. The van der Waals surface area contributed by atoms with E-state index in [2.05, 4.69) is 10.6 Å². The van der Waals surface area contributed by atoms with Gasteiger partial charge >= 0.3 is 6.09 Å². The van der Waals surface area contributed by atoms with Crippen LogP contribution < -0.4 is 21.3 Å². The summed E-state index contributed by atoms with van der Waals surface area (Å²) in [5.74, 6) is -0.262. The number of hydrogen-bond donors (Lipinski definition) is 3. The van der Waals surface area contributed by atoms with Crippen LogP contribution in [0.25, 0.3) is 0 Å². The Morgan fingerprint density at radius 2 is 1.90 bits per heavy atom. The molecule has 1 saturated heterocycles. The van der Waals surface area contributed by atoms with Crippen molar-refractivity contribution in [2.45, 2.75) is 12.5 Å². The molecular weight excluding hydrogens is 382 g/mol. The molecule has 0 aromatic heterocycles. The lowest BCUT2D eigenvalue weighted by atomic mass is 10.1. The number of nitrogen functional groups attached to an aromatic ring is 1. The molecular formula is C22H29N5O3. The second-order valence-electron chi connectivity index (χ2n) is 7.52. The number of hydrogen-bond acceptors (Lipinski definition) is 6. The number of carbonyl (C=O) groups is 2. The quantitative estimate of drug-likeness (QED) is 0.605. The van der Waals surface area contributed by atoms with Crippen LogP contribution in [0.5, 0.6) is 0 Å². The van der Waals surface area contributed by atoms with Gasteiger partial charge in [-0.2, -0.15) is 0 Å². The van der Waals surface area contributed by atoms with Crippen LogP contribution in [0.1, 0.15) is 16.8 Å². The SMILES string of the molecule is CN(C)CCOC(=O)N(c1ccc(C(=O)Nc2ccccc2N)cc1)[C@H]1CCNC1. The number of nitrogens with one attached hydrogen (secondary N) is 2. The third-order valence-corrected chi connectivity index (χ3v) is 4.98. The van der Waals surface area contributed by atoms with Crippen LogP contribution in [0.2, 0.25) is 0 Å². The van der Waals surface area contributed by atoms with Gasteiger partial charge in [0.05, 0.1) is 17.4 Å². The minimum absolute atomic E-state index is 0.0145. The zero-order chi connectivity index (χ0) is 21.5. The molecule has 3 rings (SSSR count). The van der Waals surface area contributed by atoms with E-state index in [9.17, 15) is 9.59 Å². The van der Waals surface area contributed by atoms with Crippen LogP contribution in [0.3, 0.4) is 0 Å². The lowest BCUT2D eigenvalue weighted by molar-refractivity contribution is 0.102. The fraction of sp³-hybridized carbons (Fsp3) is 0.364. The molecule has 0 saturated carbocycles. The fourth-order valence-corrected chi connectivity index (χ4v) is 3.29. The molecule has 0 bridgehead atoms. The molecule has 30 heavy (non-hydrogen) atoms. The number of nitrogens with zero attached hydrogens (tertiary/aromatic N) is 2. The van der Waals surface area contributed by atoms with E-state index >= 15 is 0 Å². The number of rotatable bonds is 7. The number of carbonyl (C=O) groups excluding carboxylic acids is 2. The molecule has 8 heteroatoms. The first kappa shape index (κ1) is 21.6. The normalized spacial score (nSPS) is 15.8. The number of likely N-dealkylation sites (N-methyl/N-ethyl adjacent to an activating group) is 1. The first-order valence-electron chi connectivity index (χ1n) is 10.0. The Morgan fingerprint density at radius 1 is 1.17 bits per heavy atom. The van der Waals surface area contributed by atoms with E-state index in [0.717, 1.165) is 13.0 Å². The lowest BCUT2D eigenvalue weighted by Gasteiger charge is -2.28. The van der Waals surface area contributed by atoms with Gasteiger partial charge in [0.25, 0.3) is 5.91 Å². The fourth-order valence-electron chi connectivity index (χ4n) is 3.29. The summed E-state index contributed by atoms with van der Waals surface area (Å²) in [6, 6.07) is 14.1. The van der Waals surface area contributed by atoms with E-state index in [1.54, 1.807) is 41.3 Å². The summed E-state index contributed by atoms with van der Waals surface area (Å²) in [6.07, 6.45) is 0.470. The Kier molecular flexibility index (Phi) is 7.26. The standard InChI is InChI=1S/C22H29N5O3/c1-26(2)13-14-30-22(29)27(18-11-12-24-15-18)17-9-7-16(8-10-17)21(28)25-20-6-4-3-5-19(20)23/h3-10,18,24H,11-15,23H2,1-2H3,(H,25,28)/t18-/m0/s1. The minimum Gasteiger partial charge on any atom is -0.448 e. The Balaban J connectivity index is 1.72. The first-order chi connectivity index (χ1) is 14.5. The molecule has 0 spiro atoms. The van der Waals surface area contributed by atoms with Gasteiger partial charge in [-0.1, -0.05) is 12.1 Å². The van der Waals surface area contributed by atoms with Gasteiger partial charge in [-0.3, -0.25) is 9.69 Å². The van der Waals surface area contributed by atoms with Crippen molar-refractivity contribution in [3.05, 3.63) is 54.1 Å². The zero-order valence-electron chi connectivity index (χ0n) is 17.4. The maximum Gasteiger partial charge on any atom is 0.414 e. The molecule has 1 aliphatic rings. The molecule has 8 nitrogen and oxygen atoms in total. The van der Waals surface area contributed by atoms with Crippen LogP contribution in [0.4, 0.5) is 21.9 Å². The number of anilines is 3. The van der Waals surface area contributed by atoms with Crippen LogP contribution in [0, 0.1) is 0 Å². The van der Waals surface area contributed by atoms with Crippen molar-refractivity contribution in [3.63, 3.8) is 0 Å². The summed E-state index contributed by atoms with van der Waals surface area (Å²) < 4.78 is 5.48. The second-order valence-corrected chi connectivity index (χ2v) is 7.52. The Labute approximate surface area is 177 Å². The molecule has 4 N–H and O–H groups in total.